The van der Waals surface area contributed by atoms with Gasteiger partial charge in [-0.1, -0.05) is 11.6 Å². The molecule has 2 aromatic carbocycles. The van der Waals surface area contributed by atoms with Gasteiger partial charge in [-0.25, -0.2) is 0 Å². The number of amides is 1. The Bertz CT molecular complexity index is 673. The standard InChI is InChI=1S/C16H16ClIN2O/c1-3-19-14-6-4-11(8-10(14)2)16(21)20-15-7-5-12(18)9-13(15)17/h4-9,19H,3H2,1-2H3,(H,20,21). The van der Waals surface area contributed by atoms with Crippen LogP contribution in [0.1, 0.15) is 22.8 Å². The van der Waals surface area contributed by atoms with Crippen molar-refractivity contribution in [1.29, 1.82) is 0 Å². The molecule has 0 saturated heterocycles. The molecule has 2 aromatic rings. The van der Waals surface area contributed by atoms with Gasteiger partial charge in [0.2, 0.25) is 0 Å². The summed E-state index contributed by atoms with van der Waals surface area (Å²) in [5.41, 5.74) is 3.32. The quantitative estimate of drug-likeness (QED) is 0.696. The predicted molar refractivity (Wildman–Crippen MR) is 97.5 cm³/mol. The first-order chi connectivity index (χ1) is 10.0. The second-order valence-corrected chi connectivity index (χ2v) is 6.29. The predicted octanol–water partition coefficient (Wildman–Crippen LogP) is 4.94. The van der Waals surface area contributed by atoms with Crippen molar-refractivity contribution in [1.82, 2.24) is 0 Å². The Morgan fingerprint density at radius 3 is 2.52 bits per heavy atom. The van der Waals surface area contributed by atoms with Crippen LogP contribution in [0.4, 0.5) is 11.4 Å². The fourth-order valence-corrected chi connectivity index (χ4v) is 2.88. The molecule has 3 nitrogen and oxygen atoms in total. The second-order valence-electron chi connectivity index (χ2n) is 4.64. The lowest BCUT2D eigenvalue weighted by molar-refractivity contribution is 0.102. The molecule has 0 unspecified atom stereocenters. The first-order valence-corrected chi connectivity index (χ1v) is 8.08. The molecule has 0 radical (unpaired) electrons. The number of hydrogen-bond donors (Lipinski definition) is 2. The van der Waals surface area contributed by atoms with Crippen LogP contribution >= 0.6 is 34.2 Å². The maximum Gasteiger partial charge on any atom is 0.255 e. The highest BCUT2D eigenvalue weighted by molar-refractivity contribution is 14.1. The summed E-state index contributed by atoms with van der Waals surface area (Å²) in [6, 6.07) is 11.1. The molecule has 2 N–H and O–H groups in total. The largest absolute Gasteiger partial charge is 0.385 e. The molecular weight excluding hydrogens is 399 g/mol. The normalized spacial score (nSPS) is 10.3. The van der Waals surface area contributed by atoms with Crippen molar-refractivity contribution < 1.29 is 4.79 Å². The molecule has 0 aliphatic rings. The lowest BCUT2D eigenvalue weighted by Crippen LogP contribution is -2.13. The van der Waals surface area contributed by atoms with Gasteiger partial charge >= 0.3 is 0 Å². The Hall–Kier alpha value is -1.27. The Labute approximate surface area is 143 Å². The highest BCUT2D eigenvalue weighted by Crippen LogP contribution is 2.25. The van der Waals surface area contributed by atoms with Crippen LogP contribution in [-0.4, -0.2) is 12.5 Å². The van der Waals surface area contributed by atoms with Crippen LogP contribution < -0.4 is 10.6 Å². The third kappa shape index (κ3) is 4.11. The Morgan fingerprint density at radius 2 is 1.90 bits per heavy atom. The van der Waals surface area contributed by atoms with Crippen molar-refractivity contribution in [2.75, 3.05) is 17.2 Å². The number of rotatable bonds is 4. The first kappa shape index (κ1) is 16.1. The zero-order valence-electron chi connectivity index (χ0n) is 11.8. The second kappa shape index (κ2) is 7.13. The van der Waals surface area contributed by atoms with Gasteiger partial charge in [0.1, 0.15) is 0 Å². The molecule has 0 aromatic heterocycles. The molecule has 5 heteroatoms. The van der Waals surface area contributed by atoms with Crippen LogP contribution in [-0.2, 0) is 0 Å². The molecule has 0 atom stereocenters. The monoisotopic (exact) mass is 414 g/mol. The van der Waals surface area contributed by atoms with Gasteiger partial charge in [-0.3, -0.25) is 4.79 Å². The van der Waals surface area contributed by atoms with E-state index in [4.69, 9.17) is 11.6 Å². The number of aryl methyl sites for hydroxylation is 1. The number of carbonyl (C=O) groups excluding carboxylic acids is 1. The SMILES string of the molecule is CCNc1ccc(C(=O)Nc2ccc(I)cc2Cl)cc1C. The molecule has 21 heavy (non-hydrogen) atoms. The van der Waals surface area contributed by atoms with Gasteiger partial charge in [0.05, 0.1) is 10.7 Å². The van der Waals surface area contributed by atoms with E-state index in [2.05, 4.69) is 33.2 Å². The van der Waals surface area contributed by atoms with E-state index < -0.39 is 0 Å². The van der Waals surface area contributed by atoms with E-state index in [0.29, 0.717) is 16.3 Å². The Morgan fingerprint density at radius 1 is 1.19 bits per heavy atom. The minimum atomic E-state index is -0.163. The van der Waals surface area contributed by atoms with Crippen LogP contribution in [0.2, 0.25) is 5.02 Å². The van der Waals surface area contributed by atoms with Crippen LogP contribution in [0.5, 0.6) is 0 Å². The van der Waals surface area contributed by atoms with Gasteiger partial charge in [0, 0.05) is 21.4 Å². The molecule has 0 heterocycles. The zero-order valence-corrected chi connectivity index (χ0v) is 14.7. The average Bonchev–Trinajstić information content (AvgIpc) is 2.44. The van der Waals surface area contributed by atoms with Crippen LogP contribution in [0.15, 0.2) is 36.4 Å². The highest BCUT2D eigenvalue weighted by Gasteiger charge is 2.10. The topological polar surface area (TPSA) is 41.1 Å². The van der Waals surface area contributed by atoms with Crippen LogP contribution in [0, 0.1) is 10.5 Å². The van der Waals surface area contributed by atoms with Gasteiger partial charge < -0.3 is 10.6 Å². The summed E-state index contributed by atoms with van der Waals surface area (Å²) in [7, 11) is 0. The van der Waals surface area contributed by atoms with E-state index in [1.54, 1.807) is 6.07 Å². The van der Waals surface area contributed by atoms with Crippen molar-refractivity contribution in [2.45, 2.75) is 13.8 Å². The van der Waals surface area contributed by atoms with Crippen molar-refractivity contribution in [3.63, 3.8) is 0 Å². The van der Waals surface area contributed by atoms with E-state index in [9.17, 15) is 4.79 Å². The van der Waals surface area contributed by atoms with E-state index >= 15 is 0 Å². The van der Waals surface area contributed by atoms with Crippen LogP contribution in [0.3, 0.4) is 0 Å². The minimum Gasteiger partial charge on any atom is -0.385 e. The summed E-state index contributed by atoms with van der Waals surface area (Å²) in [6.45, 7) is 4.87. The molecule has 0 aliphatic carbocycles. The lowest BCUT2D eigenvalue weighted by atomic mass is 10.1. The number of anilines is 2. The number of halogens is 2. The number of nitrogens with one attached hydrogen (secondary N) is 2. The van der Waals surface area contributed by atoms with Crippen molar-refractivity contribution in [3.05, 3.63) is 56.1 Å². The maximum atomic E-state index is 12.3. The summed E-state index contributed by atoms with van der Waals surface area (Å²) in [6.07, 6.45) is 0. The van der Waals surface area contributed by atoms with Gasteiger partial charge in [0.15, 0.2) is 0 Å². The number of hydrogen-bond acceptors (Lipinski definition) is 2. The molecule has 110 valence electrons. The molecule has 2 rings (SSSR count). The summed E-state index contributed by atoms with van der Waals surface area (Å²) in [4.78, 5) is 12.3. The smallest absolute Gasteiger partial charge is 0.255 e. The van der Waals surface area contributed by atoms with Crippen LogP contribution in [0.25, 0.3) is 0 Å². The number of benzene rings is 2. The van der Waals surface area contributed by atoms with Gasteiger partial charge in [-0.15, -0.1) is 0 Å². The van der Waals surface area contributed by atoms with E-state index in [1.165, 1.54) is 0 Å². The summed E-state index contributed by atoms with van der Waals surface area (Å²) >= 11 is 8.31. The number of carbonyl (C=O) groups is 1. The zero-order chi connectivity index (χ0) is 15.4. The van der Waals surface area contributed by atoms with Crippen molar-refractivity contribution >= 4 is 51.5 Å². The van der Waals surface area contributed by atoms with Crippen molar-refractivity contribution in [3.8, 4) is 0 Å². The molecule has 0 saturated carbocycles. The van der Waals surface area contributed by atoms with Gasteiger partial charge in [-0.05, 0) is 78.4 Å². The minimum absolute atomic E-state index is 0.163. The molecule has 0 bridgehead atoms. The average molecular weight is 415 g/mol. The van der Waals surface area contributed by atoms with E-state index in [-0.39, 0.29) is 5.91 Å². The fraction of sp³-hybridized carbons (Fsp3) is 0.188. The maximum absolute atomic E-state index is 12.3. The highest BCUT2D eigenvalue weighted by atomic mass is 127. The molecule has 1 amide bonds. The molecular formula is C16H16ClIN2O. The summed E-state index contributed by atoms with van der Waals surface area (Å²) in [5, 5.41) is 6.63. The first-order valence-electron chi connectivity index (χ1n) is 6.62. The third-order valence-electron chi connectivity index (χ3n) is 3.04. The van der Waals surface area contributed by atoms with E-state index in [0.717, 1.165) is 21.4 Å². The van der Waals surface area contributed by atoms with Crippen molar-refractivity contribution in [2.24, 2.45) is 0 Å². The Kier molecular flexibility index (Phi) is 5.47. The summed E-state index contributed by atoms with van der Waals surface area (Å²) < 4.78 is 1.03. The van der Waals surface area contributed by atoms with Gasteiger partial charge in [-0.2, -0.15) is 0 Å². The van der Waals surface area contributed by atoms with E-state index in [1.807, 2.05) is 44.2 Å². The van der Waals surface area contributed by atoms with Gasteiger partial charge in [0.25, 0.3) is 5.91 Å². The Balaban J connectivity index is 2.18. The fourth-order valence-electron chi connectivity index (χ4n) is 1.98. The third-order valence-corrected chi connectivity index (χ3v) is 4.02. The lowest BCUT2D eigenvalue weighted by Gasteiger charge is -2.11. The molecule has 0 fully saturated rings. The summed E-state index contributed by atoms with van der Waals surface area (Å²) in [5.74, 6) is -0.163. The molecule has 0 aliphatic heterocycles. The molecule has 0 spiro atoms.